The first-order chi connectivity index (χ1) is 9.79. The molecule has 0 spiro atoms. The van der Waals surface area contributed by atoms with Gasteiger partial charge in [-0.15, -0.1) is 24.0 Å². The van der Waals surface area contributed by atoms with Gasteiger partial charge in [-0.1, -0.05) is 37.3 Å². The number of nitrogens with one attached hydrogen (secondary N) is 1. The molecule has 1 heterocycles. The lowest BCUT2D eigenvalue weighted by atomic mass is 10.2. The van der Waals surface area contributed by atoms with Crippen LogP contribution < -0.4 is 11.1 Å². The summed E-state index contributed by atoms with van der Waals surface area (Å²) >= 11 is 0. The number of hydrogen-bond acceptors (Lipinski definition) is 2. The second-order valence-electron chi connectivity index (χ2n) is 5.40. The number of likely N-dealkylation sites (tertiary alicyclic amines) is 1. The third kappa shape index (κ3) is 6.22. The zero-order chi connectivity index (χ0) is 14.2. The van der Waals surface area contributed by atoms with Crippen molar-refractivity contribution in [2.75, 3.05) is 19.6 Å². The van der Waals surface area contributed by atoms with E-state index in [1.54, 1.807) is 0 Å². The lowest BCUT2D eigenvalue weighted by Gasteiger charge is -2.23. The average Bonchev–Trinajstić information content (AvgIpc) is 2.91. The van der Waals surface area contributed by atoms with E-state index in [1.807, 2.05) is 0 Å². The molecule has 2 rings (SSSR count). The molecule has 21 heavy (non-hydrogen) atoms. The molecule has 0 amide bonds. The van der Waals surface area contributed by atoms with Crippen molar-refractivity contribution in [3.8, 4) is 0 Å². The van der Waals surface area contributed by atoms with Crippen molar-refractivity contribution in [3.05, 3.63) is 35.9 Å². The molecule has 1 saturated heterocycles. The second-order valence-corrected chi connectivity index (χ2v) is 5.40. The van der Waals surface area contributed by atoms with Gasteiger partial charge >= 0.3 is 0 Å². The molecule has 5 heteroatoms. The summed E-state index contributed by atoms with van der Waals surface area (Å²) in [5.41, 5.74) is 7.23. The molecule has 0 aliphatic carbocycles. The van der Waals surface area contributed by atoms with E-state index in [1.165, 1.54) is 18.4 Å². The van der Waals surface area contributed by atoms with E-state index in [2.05, 4.69) is 52.5 Å². The van der Waals surface area contributed by atoms with Gasteiger partial charge in [0.15, 0.2) is 5.96 Å². The first-order valence-electron chi connectivity index (χ1n) is 7.61. The predicted octanol–water partition coefficient (Wildman–Crippen LogP) is 2.58. The van der Waals surface area contributed by atoms with Crippen molar-refractivity contribution in [2.24, 2.45) is 10.7 Å². The fourth-order valence-electron chi connectivity index (χ4n) is 2.64. The molecule has 3 N–H and O–H groups in total. The van der Waals surface area contributed by atoms with Gasteiger partial charge < -0.3 is 11.1 Å². The zero-order valence-electron chi connectivity index (χ0n) is 12.8. The van der Waals surface area contributed by atoms with Gasteiger partial charge in [0.05, 0.1) is 6.54 Å². The van der Waals surface area contributed by atoms with Gasteiger partial charge in [0.2, 0.25) is 0 Å². The molecule has 0 radical (unpaired) electrons. The summed E-state index contributed by atoms with van der Waals surface area (Å²) in [5, 5.41) is 3.13. The van der Waals surface area contributed by atoms with Crippen LogP contribution in [-0.2, 0) is 6.54 Å². The summed E-state index contributed by atoms with van der Waals surface area (Å²) in [5.74, 6) is 0.582. The maximum Gasteiger partial charge on any atom is 0.188 e. The van der Waals surface area contributed by atoms with Gasteiger partial charge in [0.1, 0.15) is 0 Å². The summed E-state index contributed by atoms with van der Waals surface area (Å²) in [6.07, 6.45) is 3.55. The number of nitrogens with two attached hydrogens (primary N) is 1. The molecule has 1 atom stereocenters. The van der Waals surface area contributed by atoms with E-state index in [0.29, 0.717) is 12.0 Å². The molecule has 1 unspecified atom stereocenters. The van der Waals surface area contributed by atoms with Gasteiger partial charge in [-0.05, 0) is 31.4 Å². The van der Waals surface area contributed by atoms with Crippen LogP contribution >= 0.6 is 24.0 Å². The molecule has 0 aromatic heterocycles. The van der Waals surface area contributed by atoms with Crippen LogP contribution in [0, 0.1) is 0 Å². The fraction of sp³-hybridized carbons (Fsp3) is 0.562. The topological polar surface area (TPSA) is 53.6 Å². The SMILES string of the molecule is CCCNC(N)=NCC1CCCN1Cc1ccccc1.I. The lowest BCUT2D eigenvalue weighted by Crippen LogP contribution is -2.35. The third-order valence-electron chi connectivity index (χ3n) is 3.76. The number of halogens is 1. The Hall–Kier alpha value is -0.820. The monoisotopic (exact) mass is 402 g/mol. The molecule has 118 valence electrons. The van der Waals surface area contributed by atoms with Crippen molar-refractivity contribution < 1.29 is 0 Å². The Kier molecular flexibility index (Phi) is 8.68. The Bertz CT molecular complexity index is 422. The summed E-state index contributed by atoms with van der Waals surface area (Å²) in [6.45, 7) is 6.00. The normalized spacial score (nSPS) is 19.3. The van der Waals surface area contributed by atoms with Gasteiger partial charge in [-0.3, -0.25) is 9.89 Å². The van der Waals surface area contributed by atoms with Crippen molar-refractivity contribution >= 4 is 29.9 Å². The van der Waals surface area contributed by atoms with Crippen LogP contribution in [0.15, 0.2) is 35.3 Å². The molecule has 0 bridgehead atoms. The molecule has 1 aliphatic heterocycles. The number of rotatable bonds is 6. The van der Waals surface area contributed by atoms with Crippen LogP contribution in [0.5, 0.6) is 0 Å². The number of hydrogen-bond donors (Lipinski definition) is 2. The van der Waals surface area contributed by atoms with Crippen LogP contribution in [0.25, 0.3) is 0 Å². The van der Waals surface area contributed by atoms with E-state index >= 15 is 0 Å². The molecule has 0 saturated carbocycles. The molecule has 1 aliphatic rings. The van der Waals surface area contributed by atoms with E-state index in [4.69, 9.17) is 5.73 Å². The predicted molar refractivity (Wildman–Crippen MR) is 100 cm³/mol. The second kappa shape index (κ2) is 10.00. The largest absolute Gasteiger partial charge is 0.370 e. The van der Waals surface area contributed by atoms with Crippen LogP contribution in [0.2, 0.25) is 0 Å². The highest BCUT2D eigenvalue weighted by Gasteiger charge is 2.23. The van der Waals surface area contributed by atoms with Crippen molar-refractivity contribution in [1.82, 2.24) is 10.2 Å². The summed E-state index contributed by atoms with van der Waals surface area (Å²) in [6, 6.07) is 11.2. The first-order valence-corrected chi connectivity index (χ1v) is 7.61. The number of nitrogens with zero attached hydrogens (tertiary/aromatic N) is 2. The van der Waals surface area contributed by atoms with Gasteiger partial charge in [-0.2, -0.15) is 0 Å². The quantitative estimate of drug-likeness (QED) is 0.437. The molecular formula is C16H27IN4. The van der Waals surface area contributed by atoms with Crippen LogP contribution in [-0.4, -0.2) is 36.5 Å². The Balaban J connectivity index is 0.00000220. The highest BCUT2D eigenvalue weighted by molar-refractivity contribution is 14.0. The van der Waals surface area contributed by atoms with Crippen LogP contribution in [0.4, 0.5) is 0 Å². The summed E-state index contributed by atoms with van der Waals surface area (Å²) < 4.78 is 0. The minimum absolute atomic E-state index is 0. The molecule has 1 aromatic rings. The Morgan fingerprint density at radius 1 is 1.38 bits per heavy atom. The van der Waals surface area contributed by atoms with Crippen molar-refractivity contribution in [2.45, 2.75) is 38.8 Å². The van der Waals surface area contributed by atoms with Crippen molar-refractivity contribution in [3.63, 3.8) is 0 Å². The number of guanidine groups is 1. The number of aliphatic imine (C=N–C) groups is 1. The molecule has 1 aromatic carbocycles. The van der Waals surface area contributed by atoms with Crippen LogP contribution in [0.1, 0.15) is 31.7 Å². The Morgan fingerprint density at radius 3 is 2.86 bits per heavy atom. The summed E-state index contributed by atoms with van der Waals surface area (Å²) in [4.78, 5) is 7.00. The van der Waals surface area contributed by atoms with Gasteiger partial charge in [0.25, 0.3) is 0 Å². The zero-order valence-corrected chi connectivity index (χ0v) is 15.1. The average molecular weight is 402 g/mol. The maximum atomic E-state index is 5.86. The first kappa shape index (κ1) is 18.2. The van der Waals surface area contributed by atoms with E-state index < -0.39 is 0 Å². The minimum atomic E-state index is 0. The maximum absolute atomic E-state index is 5.86. The van der Waals surface area contributed by atoms with E-state index in [9.17, 15) is 0 Å². The third-order valence-corrected chi connectivity index (χ3v) is 3.76. The van der Waals surface area contributed by atoms with E-state index in [0.717, 1.165) is 32.6 Å². The Labute approximate surface area is 145 Å². The summed E-state index contributed by atoms with van der Waals surface area (Å²) in [7, 11) is 0. The van der Waals surface area contributed by atoms with E-state index in [-0.39, 0.29) is 24.0 Å². The fourth-order valence-corrected chi connectivity index (χ4v) is 2.64. The lowest BCUT2D eigenvalue weighted by molar-refractivity contribution is 0.250. The minimum Gasteiger partial charge on any atom is -0.370 e. The van der Waals surface area contributed by atoms with Gasteiger partial charge in [-0.25, -0.2) is 0 Å². The van der Waals surface area contributed by atoms with Crippen LogP contribution in [0.3, 0.4) is 0 Å². The smallest absolute Gasteiger partial charge is 0.188 e. The van der Waals surface area contributed by atoms with Crippen molar-refractivity contribution in [1.29, 1.82) is 0 Å². The Morgan fingerprint density at radius 2 is 2.14 bits per heavy atom. The number of benzene rings is 1. The molecular weight excluding hydrogens is 375 g/mol. The highest BCUT2D eigenvalue weighted by atomic mass is 127. The molecule has 4 nitrogen and oxygen atoms in total. The highest BCUT2D eigenvalue weighted by Crippen LogP contribution is 2.20. The van der Waals surface area contributed by atoms with Gasteiger partial charge in [0, 0.05) is 19.1 Å². The molecule has 1 fully saturated rings. The standard InChI is InChI=1S/C16H26N4.HI/c1-2-10-18-16(17)19-12-15-9-6-11-20(15)13-14-7-4-3-5-8-14;/h3-5,7-8,15H,2,6,9-13H2,1H3,(H3,17,18,19);1H.